The second-order valence-electron chi connectivity index (χ2n) is 7.08. The summed E-state index contributed by atoms with van der Waals surface area (Å²) in [7, 11) is 0. The van der Waals surface area contributed by atoms with E-state index in [2.05, 4.69) is 12.1 Å². The van der Waals surface area contributed by atoms with E-state index < -0.39 is 0 Å². The molecule has 4 rings (SSSR count). The van der Waals surface area contributed by atoms with Crippen molar-refractivity contribution in [1.82, 2.24) is 4.90 Å². The SMILES string of the molecule is Cc1ccc2c(CC(=O)N3CC(C)OC(c4ccccc4)C3)coc2c1. The molecule has 2 heterocycles. The molecule has 2 aromatic carbocycles. The van der Waals surface area contributed by atoms with Gasteiger partial charge in [-0.05, 0) is 31.0 Å². The highest BCUT2D eigenvalue weighted by Gasteiger charge is 2.29. The zero-order chi connectivity index (χ0) is 18.1. The molecule has 0 aliphatic carbocycles. The average molecular weight is 349 g/mol. The summed E-state index contributed by atoms with van der Waals surface area (Å²) in [5.74, 6) is 0.115. The molecule has 1 aromatic heterocycles. The van der Waals surface area contributed by atoms with Crippen molar-refractivity contribution in [3.8, 4) is 0 Å². The molecule has 4 heteroatoms. The van der Waals surface area contributed by atoms with Crippen LogP contribution in [-0.2, 0) is 16.0 Å². The van der Waals surface area contributed by atoms with Gasteiger partial charge in [0.25, 0.3) is 0 Å². The Labute approximate surface area is 153 Å². The molecule has 1 fully saturated rings. The second-order valence-corrected chi connectivity index (χ2v) is 7.08. The fourth-order valence-electron chi connectivity index (χ4n) is 3.61. The number of aryl methyl sites for hydroxylation is 1. The van der Waals surface area contributed by atoms with Crippen LogP contribution in [0.25, 0.3) is 11.0 Å². The molecule has 2 atom stereocenters. The summed E-state index contributed by atoms with van der Waals surface area (Å²) in [5.41, 5.74) is 4.05. The number of morpholine rings is 1. The Bertz CT molecular complexity index is 916. The van der Waals surface area contributed by atoms with Gasteiger partial charge in [0, 0.05) is 17.5 Å². The standard InChI is InChI=1S/C22H23NO3/c1-15-8-9-19-18(14-25-20(19)10-15)11-22(24)23-12-16(2)26-21(13-23)17-6-4-3-5-7-17/h3-10,14,16,21H,11-13H2,1-2H3. The van der Waals surface area contributed by atoms with Crippen LogP contribution in [0.1, 0.15) is 29.7 Å². The summed E-state index contributed by atoms with van der Waals surface area (Å²) in [6, 6.07) is 16.2. The third-order valence-electron chi connectivity index (χ3n) is 4.94. The van der Waals surface area contributed by atoms with E-state index in [-0.39, 0.29) is 18.1 Å². The summed E-state index contributed by atoms with van der Waals surface area (Å²) in [5, 5.41) is 1.02. The van der Waals surface area contributed by atoms with Crippen molar-refractivity contribution in [2.75, 3.05) is 13.1 Å². The Kier molecular flexibility index (Phi) is 4.51. The van der Waals surface area contributed by atoms with Gasteiger partial charge in [-0.15, -0.1) is 0 Å². The number of hydrogen-bond acceptors (Lipinski definition) is 3. The summed E-state index contributed by atoms with van der Waals surface area (Å²) >= 11 is 0. The van der Waals surface area contributed by atoms with E-state index in [4.69, 9.17) is 9.15 Å². The monoisotopic (exact) mass is 349 g/mol. The molecule has 1 saturated heterocycles. The lowest BCUT2D eigenvalue weighted by Crippen LogP contribution is -2.46. The topological polar surface area (TPSA) is 42.7 Å². The predicted molar refractivity (Wildman–Crippen MR) is 101 cm³/mol. The fourth-order valence-corrected chi connectivity index (χ4v) is 3.61. The van der Waals surface area contributed by atoms with Crippen molar-refractivity contribution in [3.63, 3.8) is 0 Å². The van der Waals surface area contributed by atoms with E-state index in [9.17, 15) is 4.79 Å². The predicted octanol–water partition coefficient (Wildman–Crippen LogP) is 4.27. The van der Waals surface area contributed by atoms with Crippen LogP contribution in [0.5, 0.6) is 0 Å². The Balaban J connectivity index is 1.51. The summed E-state index contributed by atoms with van der Waals surface area (Å²) in [6.45, 7) is 5.26. The molecule has 3 aromatic rings. The first-order chi connectivity index (χ1) is 12.6. The number of nitrogens with zero attached hydrogens (tertiary/aromatic N) is 1. The van der Waals surface area contributed by atoms with Crippen LogP contribution in [0.15, 0.2) is 59.2 Å². The van der Waals surface area contributed by atoms with Gasteiger partial charge in [0.1, 0.15) is 11.7 Å². The van der Waals surface area contributed by atoms with Crippen LogP contribution < -0.4 is 0 Å². The Morgan fingerprint density at radius 2 is 1.96 bits per heavy atom. The maximum Gasteiger partial charge on any atom is 0.227 e. The molecule has 0 spiro atoms. The van der Waals surface area contributed by atoms with Crippen molar-refractivity contribution >= 4 is 16.9 Å². The highest BCUT2D eigenvalue weighted by Crippen LogP contribution is 2.27. The highest BCUT2D eigenvalue weighted by atomic mass is 16.5. The van der Waals surface area contributed by atoms with E-state index in [1.165, 1.54) is 0 Å². The molecule has 0 radical (unpaired) electrons. The van der Waals surface area contributed by atoms with Crippen LogP contribution in [0.3, 0.4) is 0 Å². The van der Waals surface area contributed by atoms with Gasteiger partial charge in [-0.1, -0.05) is 42.5 Å². The van der Waals surface area contributed by atoms with Crippen LogP contribution in [0, 0.1) is 6.92 Å². The van der Waals surface area contributed by atoms with Gasteiger partial charge in [-0.3, -0.25) is 4.79 Å². The molecular weight excluding hydrogens is 326 g/mol. The average Bonchev–Trinajstić information content (AvgIpc) is 3.03. The number of fused-ring (bicyclic) bond motifs is 1. The number of amides is 1. The lowest BCUT2D eigenvalue weighted by Gasteiger charge is -2.37. The maximum absolute atomic E-state index is 12.9. The molecule has 1 aliphatic rings. The molecule has 134 valence electrons. The summed E-state index contributed by atoms with van der Waals surface area (Å²) < 4.78 is 11.7. The van der Waals surface area contributed by atoms with Crippen molar-refractivity contribution in [2.45, 2.75) is 32.5 Å². The van der Waals surface area contributed by atoms with Gasteiger partial charge in [0.15, 0.2) is 0 Å². The first-order valence-electron chi connectivity index (χ1n) is 9.05. The number of carbonyl (C=O) groups excluding carboxylic acids is 1. The van der Waals surface area contributed by atoms with Crippen LogP contribution >= 0.6 is 0 Å². The third kappa shape index (κ3) is 3.37. The zero-order valence-electron chi connectivity index (χ0n) is 15.1. The van der Waals surface area contributed by atoms with Gasteiger partial charge in [0.2, 0.25) is 5.91 Å². The van der Waals surface area contributed by atoms with Crippen molar-refractivity contribution in [3.05, 3.63) is 71.5 Å². The second kappa shape index (κ2) is 6.96. The van der Waals surface area contributed by atoms with Crippen LogP contribution in [-0.4, -0.2) is 30.0 Å². The Hall–Kier alpha value is -2.59. The molecule has 26 heavy (non-hydrogen) atoms. The van der Waals surface area contributed by atoms with Crippen molar-refractivity contribution in [2.24, 2.45) is 0 Å². The first-order valence-corrected chi connectivity index (χ1v) is 9.05. The minimum Gasteiger partial charge on any atom is -0.464 e. The van der Waals surface area contributed by atoms with Crippen molar-refractivity contribution < 1.29 is 13.9 Å². The van der Waals surface area contributed by atoms with E-state index in [0.717, 1.165) is 27.7 Å². The lowest BCUT2D eigenvalue weighted by atomic mass is 10.0. The molecule has 1 amide bonds. The number of furan rings is 1. The summed E-state index contributed by atoms with van der Waals surface area (Å²) in [4.78, 5) is 14.8. The largest absolute Gasteiger partial charge is 0.464 e. The highest BCUT2D eigenvalue weighted by molar-refractivity contribution is 5.88. The third-order valence-corrected chi connectivity index (χ3v) is 4.94. The lowest BCUT2D eigenvalue weighted by molar-refractivity contribution is -0.144. The molecule has 4 nitrogen and oxygen atoms in total. The minimum absolute atomic E-state index is 0.0154. The Morgan fingerprint density at radius 1 is 1.15 bits per heavy atom. The molecular formula is C22H23NO3. The van der Waals surface area contributed by atoms with E-state index in [0.29, 0.717) is 19.5 Å². The molecule has 0 saturated carbocycles. The molecule has 1 aliphatic heterocycles. The molecule has 0 N–H and O–H groups in total. The minimum atomic E-state index is -0.0763. The number of carbonyl (C=O) groups is 1. The van der Waals surface area contributed by atoms with Crippen LogP contribution in [0.4, 0.5) is 0 Å². The first kappa shape index (κ1) is 16.9. The smallest absolute Gasteiger partial charge is 0.227 e. The van der Waals surface area contributed by atoms with Gasteiger partial charge in [-0.2, -0.15) is 0 Å². The van der Waals surface area contributed by atoms with Crippen molar-refractivity contribution in [1.29, 1.82) is 0 Å². The number of ether oxygens (including phenoxy) is 1. The number of hydrogen-bond donors (Lipinski definition) is 0. The number of rotatable bonds is 3. The molecule has 2 unspecified atom stereocenters. The fraction of sp³-hybridized carbons (Fsp3) is 0.318. The maximum atomic E-state index is 12.9. The summed E-state index contributed by atoms with van der Waals surface area (Å²) in [6.07, 6.45) is 2.00. The van der Waals surface area contributed by atoms with Gasteiger partial charge in [-0.25, -0.2) is 0 Å². The van der Waals surface area contributed by atoms with Gasteiger partial charge < -0.3 is 14.1 Å². The van der Waals surface area contributed by atoms with Crippen LogP contribution in [0.2, 0.25) is 0 Å². The Morgan fingerprint density at radius 3 is 2.77 bits per heavy atom. The quantitative estimate of drug-likeness (QED) is 0.709. The zero-order valence-corrected chi connectivity index (χ0v) is 15.1. The normalized spacial score (nSPS) is 20.5. The van der Waals surface area contributed by atoms with E-state index in [1.807, 2.05) is 55.1 Å². The van der Waals surface area contributed by atoms with Gasteiger partial charge in [0.05, 0.1) is 25.3 Å². The van der Waals surface area contributed by atoms with Gasteiger partial charge >= 0.3 is 0 Å². The van der Waals surface area contributed by atoms with E-state index >= 15 is 0 Å². The van der Waals surface area contributed by atoms with E-state index in [1.54, 1.807) is 6.26 Å². The number of benzene rings is 2. The molecule has 0 bridgehead atoms.